The van der Waals surface area contributed by atoms with Gasteiger partial charge in [0.1, 0.15) is 12.1 Å². The summed E-state index contributed by atoms with van der Waals surface area (Å²) in [7, 11) is -3.71. The van der Waals surface area contributed by atoms with Gasteiger partial charge in [0, 0.05) is 13.0 Å². The van der Waals surface area contributed by atoms with Gasteiger partial charge in [-0.3, -0.25) is 9.59 Å². The van der Waals surface area contributed by atoms with Crippen LogP contribution in [0.25, 0.3) is 0 Å². The third kappa shape index (κ3) is 8.97. The lowest BCUT2D eigenvalue weighted by molar-refractivity contribution is -0.138. The van der Waals surface area contributed by atoms with Crippen molar-refractivity contribution >= 4 is 27.6 Å². The number of unbranched alkanes of at least 4 members (excludes halogenated alkanes) is 1. The van der Waals surface area contributed by atoms with Crippen molar-refractivity contribution in [2.24, 2.45) is 11.1 Å². The lowest BCUT2D eigenvalue weighted by atomic mass is 9.91. The molecule has 1 saturated heterocycles. The third-order valence-electron chi connectivity index (χ3n) is 5.40. The first-order chi connectivity index (χ1) is 14.3. The number of rotatable bonds is 13. The number of hydrogen-bond donors (Lipinski definition) is 4. The highest BCUT2D eigenvalue weighted by molar-refractivity contribution is 7.89. The first kappa shape index (κ1) is 24.5. The van der Waals surface area contributed by atoms with E-state index >= 15 is 0 Å². The molecule has 1 fully saturated rings. The first-order valence-corrected chi connectivity index (χ1v) is 12.4. The number of amides is 1. The summed E-state index contributed by atoms with van der Waals surface area (Å²) < 4.78 is 26.0. The van der Waals surface area contributed by atoms with Crippen molar-refractivity contribution in [2.75, 3.05) is 25.4 Å². The van der Waals surface area contributed by atoms with Crippen LogP contribution >= 0.6 is 0 Å². The van der Waals surface area contributed by atoms with E-state index < -0.39 is 27.9 Å². The van der Waals surface area contributed by atoms with Gasteiger partial charge in [-0.15, -0.1) is 0 Å². The van der Waals surface area contributed by atoms with Gasteiger partial charge < -0.3 is 20.6 Å². The summed E-state index contributed by atoms with van der Waals surface area (Å²) >= 11 is 0. The number of oxime groups is 1. The van der Waals surface area contributed by atoms with Gasteiger partial charge in [0.15, 0.2) is 0 Å². The second kappa shape index (κ2) is 12.2. The molecule has 2 unspecified atom stereocenters. The minimum atomic E-state index is -3.71. The molecule has 2 aliphatic rings. The smallest absolute Gasteiger partial charge is 0.323 e. The summed E-state index contributed by atoms with van der Waals surface area (Å²) in [5.41, 5.74) is 0.957. The fourth-order valence-electron chi connectivity index (χ4n) is 3.57. The number of hydrogen-bond acceptors (Lipinski definition) is 7. The Balaban J connectivity index is 1.68. The van der Waals surface area contributed by atoms with Crippen molar-refractivity contribution in [1.29, 1.82) is 0 Å². The summed E-state index contributed by atoms with van der Waals surface area (Å²) in [6, 6.07) is -1.41. The average Bonchev–Trinajstić information content (AvgIpc) is 3.16. The van der Waals surface area contributed by atoms with Crippen LogP contribution in [-0.2, 0) is 24.4 Å². The normalized spacial score (nSPS) is 21.0. The Morgan fingerprint density at radius 1 is 1.33 bits per heavy atom. The molecule has 1 amide bonds. The maximum absolute atomic E-state index is 12.2. The zero-order valence-electron chi connectivity index (χ0n) is 17.6. The average molecular weight is 447 g/mol. The summed E-state index contributed by atoms with van der Waals surface area (Å²) in [6.45, 7) is 3.64. The minimum absolute atomic E-state index is 0.0509. The predicted molar refractivity (Wildman–Crippen MR) is 113 cm³/mol. The van der Waals surface area contributed by atoms with Crippen LogP contribution in [0.15, 0.2) is 5.16 Å². The Morgan fingerprint density at radius 3 is 2.73 bits per heavy atom. The largest absolute Gasteiger partial charge is 0.480 e. The van der Waals surface area contributed by atoms with Gasteiger partial charge in [-0.25, -0.2) is 8.42 Å². The number of carbonyl (C=O) groups is 2. The van der Waals surface area contributed by atoms with Crippen molar-refractivity contribution in [1.82, 2.24) is 15.4 Å². The molecule has 0 aromatic heterocycles. The van der Waals surface area contributed by atoms with Gasteiger partial charge in [-0.1, -0.05) is 18.5 Å². The fourth-order valence-corrected chi connectivity index (χ4v) is 4.97. The molecular weight excluding hydrogens is 412 g/mol. The second-order valence-electron chi connectivity index (χ2n) is 8.01. The van der Waals surface area contributed by atoms with Crippen LogP contribution in [0.2, 0.25) is 0 Å². The summed E-state index contributed by atoms with van der Waals surface area (Å²) in [6.07, 6.45) is 5.67. The number of nitrogens with one attached hydrogen (secondary N) is 3. The Labute approximate surface area is 178 Å². The molecule has 0 spiro atoms. The number of piperidine rings is 1. The van der Waals surface area contributed by atoms with Crippen LogP contribution in [0, 0.1) is 5.92 Å². The fraction of sp³-hybridized carbons (Fsp3) is 0.842. The highest BCUT2D eigenvalue weighted by atomic mass is 32.2. The maximum Gasteiger partial charge on any atom is 0.323 e. The van der Waals surface area contributed by atoms with Crippen LogP contribution in [0.5, 0.6) is 0 Å². The summed E-state index contributed by atoms with van der Waals surface area (Å²) in [5, 5.41) is 19.2. The summed E-state index contributed by atoms with van der Waals surface area (Å²) in [4.78, 5) is 28.8. The molecule has 0 radical (unpaired) electrons. The second-order valence-corrected chi connectivity index (χ2v) is 9.88. The molecule has 30 heavy (non-hydrogen) atoms. The Kier molecular flexibility index (Phi) is 9.99. The van der Waals surface area contributed by atoms with Crippen molar-refractivity contribution in [3.63, 3.8) is 0 Å². The lowest BCUT2D eigenvalue weighted by Crippen LogP contribution is -2.49. The van der Waals surface area contributed by atoms with Gasteiger partial charge in [0.25, 0.3) is 0 Å². The number of carboxylic acid groups (broad SMARTS) is 1. The molecule has 0 bridgehead atoms. The van der Waals surface area contributed by atoms with Crippen LogP contribution in [0.4, 0.5) is 0 Å². The number of carboxylic acids is 1. The van der Waals surface area contributed by atoms with Gasteiger partial charge in [0.2, 0.25) is 15.9 Å². The lowest BCUT2D eigenvalue weighted by Gasteiger charge is -2.22. The standard InChI is InChI=1S/C19H34N4O6S/c1-2-3-10-30(27,28)23-17(19(25)26)13-21-18(24)12-16-11-15(22-29-16)5-4-14-6-8-20-9-7-14/h14,16-17,20,23H,2-13H2,1H3,(H,21,24)(H,25,26). The zero-order valence-corrected chi connectivity index (χ0v) is 18.4. The SMILES string of the molecule is CCCCS(=O)(=O)NC(CNC(=O)CC1CC(CCC2CCNCC2)=NO1)C(=O)O. The minimum Gasteiger partial charge on any atom is -0.480 e. The monoisotopic (exact) mass is 446 g/mol. The van der Waals surface area contributed by atoms with E-state index in [1.807, 2.05) is 6.92 Å². The molecule has 2 rings (SSSR count). The third-order valence-corrected chi connectivity index (χ3v) is 6.87. The quantitative estimate of drug-likeness (QED) is 0.324. The topological polar surface area (TPSA) is 146 Å². The van der Waals surface area contributed by atoms with Crippen LogP contribution < -0.4 is 15.4 Å². The number of carbonyl (C=O) groups excluding carboxylic acids is 1. The highest BCUT2D eigenvalue weighted by Crippen LogP contribution is 2.22. The van der Waals surface area contributed by atoms with E-state index in [1.165, 1.54) is 12.8 Å². The Morgan fingerprint density at radius 2 is 2.07 bits per heavy atom. The van der Waals surface area contributed by atoms with E-state index in [2.05, 4.69) is 20.5 Å². The van der Waals surface area contributed by atoms with Gasteiger partial charge in [-0.05, 0) is 51.1 Å². The van der Waals surface area contributed by atoms with Crippen molar-refractivity contribution in [2.45, 2.75) is 70.4 Å². The molecule has 2 heterocycles. The van der Waals surface area contributed by atoms with Crippen LogP contribution in [-0.4, -0.2) is 68.6 Å². The molecule has 11 heteroatoms. The van der Waals surface area contributed by atoms with Crippen LogP contribution in [0.1, 0.15) is 58.3 Å². The zero-order chi connectivity index (χ0) is 22.0. The van der Waals surface area contributed by atoms with E-state index in [4.69, 9.17) is 4.84 Å². The van der Waals surface area contributed by atoms with Crippen LogP contribution in [0.3, 0.4) is 0 Å². The predicted octanol–water partition coefficient (Wildman–Crippen LogP) is 0.590. The number of nitrogens with zero attached hydrogens (tertiary/aromatic N) is 1. The van der Waals surface area contributed by atoms with Gasteiger partial charge in [0.05, 0.1) is 17.9 Å². The molecule has 2 atom stereocenters. The molecule has 172 valence electrons. The van der Waals surface area contributed by atoms with Crippen molar-refractivity contribution in [3.8, 4) is 0 Å². The van der Waals surface area contributed by atoms with E-state index in [9.17, 15) is 23.1 Å². The molecular formula is C19H34N4O6S. The van der Waals surface area contributed by atoms with E-state index in [1.54, 1.807) is 0 Å². The molecule has 0 aliphatic carbocycles. The van der Waals surface area contributed by atoms with Crippen molar-refractivity contribution < 1.29 is 28.0 Å². The Bertz CT molecular complexity index is 706. The molecule has 0 aromatic rings. The van der Waals surface area contributed by atoms with Gasteiger partial charge >= 0.3 is 5.97 Å². The number of aliphatic carboxylic acids is 1. The molecule has 10 nitrogen and oxygen atoms in total. The van der Waals surface area contributed by atoms with Crippen molar-refractivity contribution in [3.05, 3.63) is 0 Å². The number of sulfonamides is 1. The maximum atomic E-state index is 12.2. The molecule has 4 N–H and O–H groups in total. The van der Waals surface area contributed by atoms with E-state index in [0.29, 0.717) is 25.2 Å². The first-order valence-electron chi connectivity index (χ1n) is 10.7. The molecule has 2 aliphatic heterocycles. The summed E-state index contributed by atoms with van der Waals surface area (Å²) in [5.74, 6) is -1.18. The molecule has 0 saturated carbocycles. The van der Waals surface area contributed by atoms with E-state index in [-0.39, 0.29) is 24.8 Å². The van der Waals surface area contributed by atoms with E-state index in [0.717, 1.165) is 31.6 Å². The Hall–Kier alpha value is -1.72. The molecule has 0 aromatic carbocycles. The van der Waals surface area contributed by atoms with Gasteiger partial charge in [-0.2, -0.15) is 4.72 Å². The highest BCUT2D eigenvalue weighted by Gasteiger charge is 2.27.